The zero-order valence-electron chi connectivity index (χ0n) is 14.9. The Labute approximate surface area is 149 Å². The van der Waals surface area contributed by atoms with Crippen LogP contribution in [-0.2, 0) is 11.3 Å². The minimum atomic E-state index is -0.106. The molecule has 1 amide bonds. The van der Waals surface area contributed by atoms with Gasteiger partial charge in [-0.05, 0) is 49.0 Å². The van der Waals surface area contributed by atoms with E-state index in [0.717, 1.165) is 37.4 Å². The summed E-state index contributed by atoms with van der Waals surface area (Å²) < 4.78 is 5.12. The molecule has 0 aliphatic carbocycles. The fraction of sp³-hybridized carbons (Fsp3) is 0.350. The summed E-state index contributed by atoms with van der Waals surface area (Å²) in [7, 11) is 3.80. The summed E-state index contributed by atoms with van der Waals surface area (Å²) in [4.78, 5) is 17.1. The molecule has 2 aromatic rings. The van der Waals surface area contributed by atoms with Crippen molar-refractivity contribution in [2.75, 3.05) is 50.6 Å². The van der Waals surface area contributed by atoms with E-state index in [9.17, 15) is 4.79 Å². The van der Waals surface area contributed by atoms with Gasteiger partial charge in [-0.25, -0.2) is 0 Å². The van der Waals surface area contributed by atoms with Gasteiger partial charge in [-0.15, -0.1) is 0 Å². The van der Waals surface area contributed by atoms with Gasteiger partial charge in [0.15, 0.2) is 0 Å². The average Bonchev–Trinajstić information content (AvgIpc) is 2.64. The molecular formula is C20H25N3O2. The lowest BCUT2D eigenvalue weighted by atomic mass is 10.1. The maximum Gasteiger partial charge on any atom is 0.255 e. The highest BCUT2D eigenvalue weighted by Gasteiger charge is 2.14. The highest BCUT2D eigenvalue weighted by molar-refractivity contribution is 6.04. The predicted molar refractivity (Wildman–Crippen MR) is 101 cm³/mol. The second-order valence-electron chi connectivity index (χ2n) is 6.42. The number of amides is 1. The number of nitrogens with one attached hydrogen (secondary N) is 1. The largest absolute Gasteiger partial charge is 0.380 e. The Bertz CT molecular complexity index is 707. The van der Waals surface area contributed by atoms with Crippen molar-refractivity contribution in [1.82, 2.24) is 4.90 Å². The molecule has 0 saturated carbocycles. The van der Waals surface area contributed by atoms with Crippen molar-refractivity contribution < 1.29 is 9.53 Å². The van der Waals surface area contributed by atoms with Crippen molar-refractivity contribution in [2.45, 2.75) is 6.61 Å². The normalized spacial score (nSPS) is 15.2. The maximum absolute atomic E-state index is 12.4. The minimum absolute atomic E-state index is 0.106. The number of carbonyl (C=O) groups is 1. The first-order valence-corrected chi connectivity index (χ1v) is 8.58. The van der Waals surface area contributed by atoms with Crippen LogP contribution in [0, 0.1) is 0 Å². The first-order valence-electron chi connectivity index (χ1n) is 8.58. The quantitative estimate of drug-likeness (QED) is 0.910. The molecule has 0 atom stereocenters. The number of methoxy groups -OCH3 is 1. The lowest BCUT2D eigenvalue weighted by molar-refractivity contribution is 0.102. The van der Waals surface area contributed by atoms with Gasteiger partial charge in [0.1, 0.15) is 0 Å². The Balaban J connectivity index is 1.63. The fourth-order valence-electron chi connectivity index (χ4n) is 2.99. The molecule has 3 rings (SSSR count). The van der Waals surface area contributed by atoms with Gasteiger partial charge in [0.25, 0.3) is 5.91 Å². The van der Waals surface area contributed by atoms with E-state index in [1.165, 1.54) is 5.69 Å². The van der Waals surface area contributed by atoms with Crippen molar-refractivity contribution in [3.63, 3.8) is 0 Å². The molecule has 2 aromatic carbocycles. The molecule has 0 radical (unpaired) electrons. The maximum atomic E-state index is 12.4. The topological polar surface area (TPSA) is 44.8 Å². The highest BCUT2D eigenvalue weighted by atomic mass is 16.5. The molecule has 1 saturated heterocycles. The standard InChI is InChI=1S/C20H25N3O2/c1-22-10-12-23(13-11-22)19-8-6-18(7-9-19)21-20(24)17-5-3-4-16(14-17)15-25-2/h3-9,14H,10-13,15H2,1-2H3,(H,21,24). The van der Waals surface area contributed by atoms with Crippen LogP contribution in [0.1, 0.15) is 15.9 Å². The molecule has 0 unspecified atom stereocenters. The van der Waals surface area contributed by atoms with Gasteiger partial charge < -0.3 is 19.9 Å². The van der Waals surface area contributed by atoms with Crippen LogP contribution in [0.3, 0.4) is 0 Å². The van der Waals surface area contributed by atoms with E-state index in [0.29, 0.717) is 12.2 Å². The Kier molecular flexibility index (Phi) is 5.68. The molecule has 1 fully saturated rings. The summed E-state index contributed by atoms with van der Waals surface area (Å²) in [6, 6.07) is 15.6. The van der Waals surface area contributed by atoms with Gasteiger partial charge in [0, 0.05) is 50.2 Å². The second kappa shape index (κ2) is 8.14. The fourth-order valence-corrected chi connectivity index (χ4v) is 2.99. The van der Waals surface area contributed by atoms with Gasteiger partial charge in [0.05, 0.1) is 6.61 Å². The molecule has 5 heteroatoms. The van der Waals surface area contributed by atoms with Crippen molar-refractivity contribution in [3.8, 4) is 0 Å². The number of anilines is 2. The van der Waals surface area contributed by atoms with Gasteiger partial charge in [0.2, 0.25) is 0 Å². The number of nitrogens with zero attached hydrogens (tertiary/aromatic N) is 2. The van der Waals surface area contributed by atoms with E-state index in [-0.39, 0.29) is 5.91 Å². The summed E-state index contributed by atoms with van der Waals surface area (Å²) in [5.74, 6) is -0.106. The summed E-state index contributed by atoms with van der Waals surface area (Å²) in [5, 5.41) is 2.96. The van der Waals surface area contributed by atoms with Gasteiger partial charge in [-0.2, -0.15) is 0 Å². The number of piperazine rings is 1. The van der Waals surface area contributed by atoms with Gasteiger partial charge in [-0.1, -0.05) is 12.1 Å². The molecule has 132 valence electrons. The van der Waals surface area contributed by atoms with Gasteiger partial charge in [-0.3, -0.25) is 4.79 Å². The van der Waals surface area contributed by atoms with Crippen LogP contribution in [0.15, 0.2) is 48.5 Å². The predicted octanol–water partition coefficient (Wildman–Crippen LogP) is 2.84. The van der Waals surface area contributed by atoms with Crippen LogP contribution in [0.5, 0.6) is 0 Å². The van der Waals surface area contributed by atoms with Crippen molar-refractivity contribution in [2.24, 2.45) is 0 Å². The number of hydrogen-bond donors (Lipinski definition) is 1. The first-order chi connectivity index (χ1) is 12.2. The number of benzene rings is 2. The molecule has 1 N–H and O–H groups in total. The molecule has 1 aliphatic heterocycles. The Morgan fingerprint density at radius 3 is 2.48 bits per heavy atom. The van der Waals surface area contributed by atoms with Crippen LogP contribution >= 0.6 is 0 Å². The Morgan fingerprint density at radius 1 is 1.08 bits per heavy atom. The number of hydrogen-bond acceptors (Lipinski definition) is 4. The average molecular weight is 339 g/mol. The van der Waals surface area contributed by atoms with Crippen molar-refractivity contribution in [3.05, 3.63) is 59.7 Å². The summed E-state index contributed by atoms with van der Waals surface area (Å²) in [5.41, 5.74) is 3.63. The Hall–Kier alpha value is -2.37. The van der Waals surface area contributed by atoms with Crippen molar-refractivity contribution >= 4 is 17.3 Å². The lowest BCUT2D eigenvalue weighted by Gasteiger charge is -2.34. The molecule has 1 aliphatic rings. The van der Waals surface area contributed by atoms with Crippen LogP contribution in [0.4, 0.5) is 11.4 Å². The van der Waals surface area contributed by atoms with E-state index in [2.05, 4.69) is 34.3 Å². The molecule has 1 heterocycles. The zero-order chi connectivity index (χ0) is 17.6. The molecule has 0 aromatic heterocycles. The third-order valence-corrected chi connectivity index (χ3v) is 4.49. The van der Waals surface area contributed by atoms with Crippen LogP contribution in [-0.4, -0.2) is 51.1 Å². The molecular weight excluding hydrogens is 314 g/mol. The molecule has 25 heavy (non-hydrogen) atoms. The third-order valence-electron chi connectivity index (χ3n) is 4.49. The van der Waals surface area contributed by atoms with Crippen LogP contribution in [0.2, 0.25) is 0 Å². The summed E-state index contributed by atoms with van der Waals surface area (Å²) >= 11 is 0. The van der Waals surface area contributed by atoms with Crippen molar-refractivity contribution in [1.29, 1.82) is 0 Å². The first kappa shape index (κ1) is 17.5. The highest BCUT2D eigenvalue weighted by Crippen LogP contribution is 2.20. The monoisotopic (exact) mass is 339 g/mol. The lowest BCUT2D eigenvalue weighted by Crippen LogP contribution is -2.44. The summed E-state index contributed by atoms with van der Waals surface area (Å²) in [6.45, 7) is 4.73. The smallest absolute Gasteiger partial charge is 0.255 e. The molecule has 0 bridgehead atoms. The number of likely N-dealkylation sites (N-methyl/N-ethyl adjacent to an activating group) is 1. The third kappa shape index (κ3) is 4.59. The van der Waals surface area contributed by atoms with Crippen LogP contribution in [0.25, 0.3) is 0 Å². The van der Waals surface area contributed by atoms with E-state index >= 15 is 0 Å². The summed E-state index contributed by atoms with van der Waals surface area (Å²) in [6.07, 6.45) is 0. The van der Waals surface area contributed by atoms with Crippen LogP contribution < -0.4 is 10.2 Å². The second-order valence-corrected chi connectivity index (χ2v) is 6.42. The van der Waals surface area contributed by atoms with E-state index in [1.807, 2.05) is 36.4 Å². The van der Waals surface area contributed by atoms with E-state index < -0.39 is 0 Å². The van der Waals surface area contributed by atoms with E-state index in [1.54, 1.807) is 7.11 Å². The molecule has 5 nitrogen and oxygen atoms in total. The number of ether oxygens (including phenoxy) is 1. The zero-order valence-corrected chi connectivity index (χ0v) is 14.9. The minimum Gasteiger partial charge on any atom is -0.380 e. The van der Waals surface area contributed by atoms with E-state index in [4.69, 9.17) is 4.74 Å². The Morgan fingerprint density at radius 2 is 1.80 bits per heavy atom. The number of rotatable bonds is 5. The SMILES string of the molecule is COCc1cccc(C(=O)Nc2ccc(N3CCN(C)CC3)cc2)c1. The molecule has 0 spiro atoms. The number of carbonyl (C=O) groups excluding carboxylic acids is 1. The van der Waals surface area contributed by atoms with Gasteiger partial charge >= 0.3 is 0 Å².